The predicted molar refractivity (Wildman–Crippen MR) is 78.8 cm³/mol. The fraction of sp³-hybridized carbons (Fsp3) is 0.333. The lowest BCUT2D eigenvalue weighted by Gasteiger charge is -2.32. The van der Waals surface area contributed by atoms with E-state index in [4.69, 9.17) is 23.2 Å². The smallest absolute Gasteiger partial charge is 0.235 e. The van der Waals surface area contributed by atoms with E-state index in [-0.39, 0.29) is 11.9 Å². The normalized spacial score (nSPS) is 17.7. The summed E-state index contributed by atoms with van der Waals surface area (Å²) >= 11 is 5.27. The molecule has 1 heterocycles. The number of benzene rings is 1. The minimum absolute atomic E-state index is 0.0562. The van der Waals surface area contributed by atoms with Crippen molar-refractivity contribution in [2.24, 2.45) is 21.0 Å². The van der Waals surface area contributed by atoms with Gasteiger partial charge in [-0.05, 0) is 25.0 Å². The first-order valence-electron chi connectivity index (χ1n) is 6.11. The molecule has 0 bridgehead atoms. The SMILES string of the molecule is NC(=NCl)N=C(N)N(c1ccccc1)N1CCCC1. The van der Waals surface area contributed by atoms with E-state index in [1.807, 2.05) is 35.3 Å². The van der Waals surface area contributed by atoms with Crippen molar-refractivity contribution >= 4 is 29.4 Å². The molecule has 1 fully saturated rings. The number of halogens is 1. The average molecular weight is 281 g/mol. The number of nitrogens with zero attached hydrogens (tertiary/aromatic N) is 4. The van der Waals surface area contributed by atoms with E-state index in [0.717, 1.165) is 31.6 Å². The van der Waals surface area contributed by atoms with E-state index in [0.29, 0.717) is 0 Å². The number of rotatable bonds is 2. The van der Waals surface area contributed by atoms with Crippen LogP contribution >= 0.6 is 11.8 Å². The van der Waals surface area contributed by atoms with E-state index < -0.39 is 0 Å². The summed E-state index contributed by atoms with van der Waals surface area (Å²) in [6, 6.07) is 9.78. The van der Waals surface area contributed by atoms with Gasteiger partial charge in [0.1, 0.15) is 0 Å². The van der Waals surface area contributed by atoms with E-state index in [2.05, 4.69) is 14.5 Å². The van der Waals surface area contributed by atoms with Crippen LogP contribution in [0, 0.1) is 0 Å². The molecule has 1 aromatic rings. The number of anilines is 1. The van der Waals surface area contributed by atoms with Crippen LogP contribution in [0.1, 0.15) is 12.8 Å². The lowest BCUT2D eigenvalue weighted by Crippen LogP contribution is -2.49. The topological polar surface area (TPSA) is 83.2 Å². The quantitative estimate of drug-likeness (QED) is 0.632. The first-order chi connectivity index (χ1) is 9.22. The van der Waals surface area contributed by atoms with Crippen molar-refractivity contribution in [1.82, 2.24) is 5.01 Å². The summed E-state index contributed by atoms with van der Waals surface area (Å²) in [5, 5.41) is 3.98. The molecule has 0 aromatic heterocycles. The average Bonchev–Trinajstić information content (AvgIpc) is 2.94. The van der Waals surface area contributed by atoms with E-state index >= 15 is 0 Å². The summed E-state index contributed by atoms with van der Waals surface area (Å²) in [7, 11) is 0. The third kappa shape index (κ3) is 3.36. The Balaban J connectivity index is 2.31. The van der Waals surface area contributed by atoms with Crippen LogP contribution in [0.3, 0.4) is 0 Å². The number of hydrazine groups is 1. The zero-order chi connectivity index (χ0) is 13.7. The maximum Gasteiger partial charge on any atom is 0.235 e. The molecule has 0 radical (unpaired) electrons. The van der Waals surface area contributed by atoms with E-state index in [1.165, 1.54) is 0 Å². The number of para-hydroxylation sites is 1. The Labute approximate surface area is 117 Å². The Bertz CT molecular complexity index is 466. The number of aliphatic imine (C=N–C) groups is 1. The van der Waals surface area contributed by atoms with Gasteiger partial charge in [0, 0.05) is 24.9 Å². The zero-order valence-electron chi connectivity index (χ0n) is 10.5. The Morgan fingerprint density at radius 1 is 1.16 bits per heavy atom. The van der Waals surface area contributed by atoms with Gasteiger partial charge in [-0.25, -0.2) is 10.0 Å². The molecule has 0 atom stereocenters. The number of hydrogen-bond acceptors (Lipinski definition) is 2. The van der Waals surface area contributed by atoms with Gasteiger partial charge in [-0.3, -0.25) is 0 Å². The predicted octanol–water partition coefficient (Wildman–Crippen LogP) is 1.29. The molecule has 1 saturated heterocycles. The molecule has 1 aliphatic rings. The van der Waals surface area contributed by atoms with Gasteiger partial charge in [-0.15, -0.1) is 4.51 Å². The van der Waals surface area contributed by atoms with E-state index in [9.17, 15) is 0 Å². The lowest BCUT2D eigenvalue weighted by molar-refractivity contribution is 0.353. The highest BCUT2D eigenvalue weighted by molar-refractivity contribution is 6.20. The Morgan fingerprint density at radius 3 is 2.37 bits per heavy atom. The van der Waals surface area contributed by atoms with Gasteiger partial charge in [-0.1, -0.05) is 18.2 Å². The maximum atomic E-state index is 6.02. The fourth-order valence-corrected chi connectivity index (χ4v) is 2.13. The van der Waals surface area contributed by atoms with Crippen molar-refractivity contribution < 1.29 is 0 Å². The van der Waals surface area contributed by atoms with Crippen LogP contribution in [-0.2, 0) is 0 Å². The summed E-state index contributed by atoms with van der Waals surface area (Å²) in [6.07, 6.45) is 2.27. The molecule has 102 valence electrons. The van der Waals surface area contributed by atoms with Crippen molar-refractivity contribution in [2.45, 2.75) is 12.8 Å². The van der Waals surface area contributed by atoms with Crippen molar-refractivity contribution in [3.05, 3.63) is 30.3 Å². The van der Waals surface area contributed by atoms with Crippen molar-refractivity contribution in [1.29, 1.82) is 0 Å². The summed E-state index contributed by atoms with van der Waals surface area (Å²) in [4.78, 5) is 3.99. The molecule has 0 saturated carbocycles. The highest BCUT2D eigenvalue weighted by atomic mass is 35.5. The van der Waals surface area contributed by atoms with Crippen molar-refractivity contribution in [3.8, 4) is 0 Å². The Hall–Kier alpha value is -1.79. The second kappa shape index (κ2) is 6.40. The van der Waals surface area contributed by atoms with Gasteiger partial charge in [0.15, 0.2) is 0 Å². The zero-order valence-corrected chi connectivity index (χ0v) is 11.3. The second-order valence-corrected chi connectivity index (χ2v) is 4.39. The van der Waals surface area contributed by atoms with Crippen LogP contribution in [0.15, 0.2) is 39.8 Å². The Kier molecular flexibility index (Phi) is 4.59. The van der Waals surface area contributed by atoms with Crippen LogP contribution in [-0.4, -0.2) is 30.0 Å². The molecule has 0 unspecified atom stereocenters. The van der Waals surface area contributed by atoms with Crippen molar-refractivity contribution in [3.63, 3.8) is 0 Å². The molecule has 1 aromatic carbocycles. The molecule has 0 spiro atoms. The molecule has 4 N–H and O–H groups in total. The molecule has 0 amide bonds. The van der Waals surface area contributed by atoms with Gasteiger partial charge in [0.25, 0.3) is 0 Å². The third-order valence-corrected chi connectivity index (χ3v) is 3.07. The fourth-order valence-electron chi connectivity index (χ4n) is 2.09. The number of hydrogen-bond donors (Lipinski definition) is 2. The third-order valence-electron chi connectivity index (χ3n) is 2.90. The largest absolute Gasteiger partial charge is 0.368 e. The van der Waals surface area contributed by atoms with Gasteiger partial charge in [0.05, 0.1) is 5.69 Å². The highest BCUT2D eigenvalue weighted by Gasteiger charge is 2.23. The van der Waals surface area contributed by atoms with Gasteiger partial charge < -0.3 is 11.5 Å². The van der Waals surface area contributed by atoms with Crippen LogP contribution in [0.5, 0.6) is 0 Å². The summed E-state index contributed by atoms with van der Waals surface area (Å²) in [5.41, 5.74) is 12.5. The van der Waals surface area contributed by atoms with E-state index in [1.54, 1.807) is 0 Å². The second-order valence-electron chi connectivity index (χ2n) is 4.22. The molecule has 0 aliphatic carbocycles. The standard InChI is InChI=1S/C12H17ClN6/c13-17-11(14)16-12(15)19(18-8-4-5-9-18)10-6-2-1-3-7-10/h1-3,6-7H,4-5,8-9H2,(H4,14,15,16,17). The minimum Gasteiger partial charge on any atom is -0.368 e. The number of guanidine groups is 2. The number of nitrogens with two attached hydrogens (primary N) is 2. The van der Waals surface area contributed by atoms with Crippen LogP contribution in [0.4, 0.5) is 5.69 Å². The monoisotopic (exact) mass is 280 g/mol. The summed E-state index contributed by atoms with van der Waals surface area (Å²) < 4.78 is 3.29. The molecular formula is C12H17ClN6. The molecule has 1 aliphatic heterocycles. The minimum atomic E-state index is -0.0562. The summed E-state index contributed by atoms with van der Waals surface area (Å²) in [5.74, 6) is 0.203. The van der Waals surface area contributed by atoms with Gasteiger partial charge in [-0.2, -0.15) is 4.99 Å². The molecule has 7 heteroatoms. The molecular weight excluding hydrogens is 264 g/mol. The highest BCUT2D eigenvalue weighted by Crippen LogP contribution is 2.19. The van der Waals surface area contributed by atoms with Crippen LogP contribution in [0.25, 0.3) is 0 Å². The first kappa shape index (κ1) is 13.6. The molecule has 6 nitrogen and oxygen atoms in total. The summed E-state index contributed by atoms with van der Waals surface area (Å²) in [6.45, 7) is 1.87. The van der Waals surface area contributed by atoms with Gasteiger partial charge >= 0.3 is 0 Å². The van der Waals surface area contributed by atoms with Crippen LogP contribution < -0.4 is 16.5 Å². The molecule has 2 rings (SSSR count). The van der Waals surface area contributed by atoms with Crippen LogP contribution in [0.2, 0.25) is 0 Å². The maximum absolute atomic E-state index is 6.02. The molecule has 19 heavy (non-hydrogen) atoms. The van der Waals surface area contributed by atoms with Gasteiger partial charge in [0.2, 0.25) is 11.9 Å². The van der Waals surface area contributed by atoms with Crippen molar-refractivity contribution in [2.75, 3.05) is 18.1 Å². The Morgan fingerprint density at radius 2 is 1.79 bits per heavy atom. The first-order valence-corrected chi connectivity index (χ1v) is 6.45. The lowest BCUT2D eigenvalue weighted by atomic mass is 10.3.